The first-order valence-electron chi connectivity index (χ1n) is 6.49. The Morgan fingerprint density at radius 1 is 1.14 bits per heavy atom. The van der Waals surface area contributed by atoms with Crippen molar-refractivity contribution in [2.24, 2.45) is 0 Å². The van der Waals surface area contributed by atoms with Gasteiger partial charge in [-0.15, -0.1) is 0 Å². The highest BCUT2D eigenvalue weighted by molar-refractivity contribution is 5.61. The van der Waals surface area contributed by atoms with Crippen molar-refractivity contribution in [3.05, 3.63) is 65.2 Å². The fraction of sp³-hybridized carbons (Fsp3) is 0.125. The minimum atomic E-state index is -0.471. The second-order valence-electron chi connectivity index (χ2n) is 4.84. The van der Waals surface area contributed by atoms with Crippen molar-refractivity contribution >= 4 is 0 Å². The molecule has 0 unspecified atom stereocenters. The molecule has 3 aromatic rings. The summed E-state index contributed by atoms with van der Waals surface area (Å²) in [5, 5.41) is 13.6. The van der Waals surface area contributed by atoms with Crippen LogP contribution in [0.4, 0.5) is 4.39 Å². The summed E-state index contributed by atoms with van der Waals surface area (Å²) in [6.07, 6.45) is 0.514. The zero-order valence-corrected chi connectivity index (χ0v) is 11.4. The number of halogens is 1. The van der Waals surface area contributed by atoms with Crippen LogP contribution in [0.3, 0.4) is 0 Å². The highest BCUT2D eigenvalue weighted by Crippen LogP contribution is 2.28. The zero-order chi connectivity index (χ0) is 14.8. The van der Waals surface area contributed by atoms with Crippen LogP contribution in [-0.2, 0) is 6.42 Å². The molecule has 0 aliphatic heterocycles. The van der Waals surface area contributed by atoms with Crippen molar-refractivity contribution in [3.8, 4) is 17.2 Å². The minimum Gasteiger partial charge on any atom is -0.507 e. The monoisotopic (exact) mass is 284 g/mol. The number of aryl methyl sites for hydroxylation is 1. The lowest BCUT2D eigenvalue weighted by molar-refractivity contribution is 0.418. The Bertz CT molecular complexity index is 766. The molecule has 1 heterocycles. The molecule has 0 bridgehead atoms. The number of hydrogen-bond donors (Lipinski definition) is 1. The Morgan fingerprint density at radius 2 is 1.90 bits per heavy atom. The van der Waals surface area contributed by atoms with Gasteiger partial charge in [0.25, 0.3) is 5.89 Å². The first-order valence-corrected chi connectivity index (χ1v) is 6.49. The molecule has 0 saturated carbocycles. The molecule has 21 heavy (non-hydrogen) atoms. The molecular formula is C16H13FN2O2. The number of nitrogens with zero attached hydrogens (tertiary/aromatic N) is 2. The Hall–Kier alpha value is -2.69. The summed E-state index contributed by atoms with van der Waals surface area (Å²) >= 11 is 0. The summed E-state index contributed by atoms with van der Waals surface area (Å²) in [5.74, 6) is 0.0228. The smallest absolute Gasteiger partial charge is 0.261 e. The van der Waals surface area contributed by atoms with Crippen LogP contribution < -0.4 is 0 Å². The van der Waals surface area contributed by atoms with Crippen molar-refractivity contribution < 1.29 is 14.0 Å². The van der Waals surface area contributed by atoms with Crippen molar-refractivity contribution in [1.29, 1.82) is 0 Å². The van der Waals surface area contributed by atoms with Gasteiger partial charge in [0.15, 0.2) is 5.82 Å². The van der Waals surface area contributed by atoms with Gasteiger partial charge in [0.1, 0.15) is 11.6 Å². The van der Waals surface area contributed by atoms with E-state index in [9.17, 15) is 9.50 Å². The highest BCUT2D eigenvalue weighted by atomic mass is 19.1. The number of phenolic OH excluding ortho intramolecular Hbond substituents is 1. The van der Waals surface area contributed by atoms with Crippen LogP contribution in [0.15, 0.2) is 47.0 Å². The molecular weight excluding hydrogens is 271 g/mol. The van der Waals surface area contributed by atoms with Crippen LogP contribution in [0.5, 0.6) is 5.75 Å². The fourth-order valence-corrected chi connectivity index (χ4v) is 2.00. The molecule has 2 aromatic carbocycles. The van der Waals surface area contributed by atoms with Crippen LogP contribution in [-0.4, -0.2) is 15.2 Å². The molecule has 0 saturated heterocycles. The average molecular weight is 284 g/mol. The first-order chi connectivity index (χ1) is 10.1. The zero-order valence-electron chi connectivity index (χ0n) is 11.4. The number of phenols is 1. The summed E-state index contributed by atoms with van der Waals surface area (Å²) in [4.78, 5) is 4.20. The summed E-state index contributed by atoms with van der Waals surface area (Å²) in [7, 11) is 0. The second kappa shape index (κ2) is 5.36. The van der Waals surface area contributed by atoms with E-state index in [1.54, 1.807) is 0 Å². The number of hydrogen-bond acceptors (Lipinski definition) is 4. The molecule has 0 fully saturated rings. The van der Waals surface area contributed by atoms with Gasteiger partial charge in [-0.3, -0.25) is 0 Å². The van der Waals surface area contributed by atoms with Crippen molar-refractivity contribution in [2.45, 2.75) is 13.3 Å². The van der Waals surface area contributed by atoms with E-state index in [0.717, 1.165) is 5.56 Å². The van der Waals surface area contributed by atoms with Gasteiger partial charge in [-0.1, -0.05) is 35.0 Å². The number of aromatic hydroxyl groups is 1. The van der Waals surface area contributed by atoms with E-state index < -0.39 is 5.82 Å². The van der Waals surface area contributed by atoms with E-state index in [-0.39, 0.29) is 17.2 Å². The maximum atomic E-state index is 13.2. The lowest BCUT2D eigenvalue weighted by Gasteiger charge is -1.98. The van der Waals surface area contributed by atoms with Gasteiger partial charge < -0.3 is 9.63 Å². The Balaban J connectivity index is 1.86. The molecule has 0 spiro atoms. The third-order valence-electron chi connectivity index (χ3n) is 3.14. The Labute approximate surface area is 120 Å². The van der Waals surface area contributed by atoms with Crippen molar-refractivity contribution in [1.82, 2.24) is 10.1 Å². The summed E-state index contributed by atoms with van der Waals surface area (Å²) < 4.78 is 18.3. The lowest BCUT2D eigenvalue weighted by Crippen LogP contribution is -1.91. The predicted octanol–water partition coefficient (Wildman–Crippen LogP) is 3.48. The van der Waals surface area contributed by atoms with Gasteiger partial charge in [0, 0.05) is 6.42 Å². The molecule has 0 aliphatic rings. The van der Waals surface area contributed by atoms with E-state index >= 15 is 0 Å². The number of benzene rings is 2. The normalized spacial score (nSPS) is 10.8. The van der Waals surface area contributed by atoms with Crippen LogP contribution in [0.25, 0.3) is 11.5 Å². The summed E-state index contributed by atoms with van der Waals surface area (Å²) in [6, 6.07) is 11.6. The third-order valence-corrected chi connectivity index (χ3v) is 3.14. The fourth-order valence-electron chi connectivity index (χ4n) is 2.00. The maximum absolute atomic E-state index is 13.2. The molecule has 0 amide bonds. The van der Waals surface area contributed by atoms with Crippen LogP contribution in [0, 0.1) is 12.7 Å². The quantitative estimate of drug-likeness (QED) is 0.800. The second-order valence-corrected chi connectivity index (χ2v) is 4.84. The molecule has 3 rings (SSSR count). The molecule has 0 aliphatic carbocycles. The average Bonchev–Trinajstić information content (AvgIpc) is 2.92. The van der Waals surface area contributed by atoms with Gasteiger partial charge >= 0.3 is 0 Å². The van der Waals surface area contributed by atoms with E-state index in [1.807, 2.05) is 31.2 Å². The van der Waals surface area contributed by atoms with Gasteiger partial charge in [0.2, 0.25) is 0 Å². The van der Waals surface area contributed by atoms with Gasteiger partial charge in [-0.2, -0.15) is 4.98 Å². The van der Waals surface area contributed by atoms with Crippen molar-refractivity contribution in [3.63, 3.8) is 0 Å². The van der Waals surface area contributed by atoms with E-state index in [1.165, 1.54) is 23.8 Å². The van der Waals surface area contributed by atoms with Gasteiger partial charge in [-0.05, 0) is 30.7 Å². The Kier molecular flexibility index (Phi) is 3.39. The largest absolute Gasteiger partial charge is 0.507 e. The van der Waals surface area contributed by atoms with Gasteiger partial charge in [0.05, 0.1) is 5.56 Å². The number of aromatic nitrogens is 2. The van der Waals surface area contributed by atoms with E-state index in [4.69, 9.17) is 4.52 Å². The minimum absolute atomic E-state index is 0.0954. The Morgan fingerprint density at radius 3 is 2.67 bits per heavy atom. The van der Waals surface area contributed by atoms with Crippen molar-refractivity contribution in [2.75, 3.05) is 0 Å². The van der Waals surface area contributed by atoms with E-state index in [2.05, 4.69) is 10.1 Å². The van der Waals surface area contributed by atoms with Crippen LogP contribution in [0.2, 0.25) is 0 Å². The number of rotatable bonds is 3. The van der Waals surface area contributed by atoms with E-state index in [0.29, 0.717) is 12.2 Å². The SMILES string of the molecule is Cc1ccc(Cc2noc(-c3cc(F)ccc3O)n2)cc1. The summed E-state index contributed by atoms with van der Waals surface area (Å²) in [5.41, 5.74) is 2.42. The first kappa shape index (κ1) is 13.3. The third kappa shape index (κ3) is 2.91. The molecule has 0 radical (unpaired) electrons. The molecule has 1 N–H and O–H groups in total. The maximum Gasteiger partial charge on any atom is 0.261 e. The standard InChI is InChI=1S/C16H13FN2O2/c1-10-2-4-11(5-3-10)8-15-18-16(21-19-15)13-9-12(17)6-7-14(13)20/h2-7,9,20H,8H2,1H3. The highest BCUT2D eigenvalue weighted by Gasteiger charge is 2.14. The lowest BCUT2D eigenvalue weighted by atomic mass is 10.1. The molecule has 5 heteroatoms. The van der Waals surface area contributed by atoms with Crippen LogP contribution in [0.1, 0.15) is 17.0 Å². The predicted molar refractivity (Wildman–Crippen MR) is 75.3 cm³/mol. The van der Waals surface area contributed by atoms with Gasteiger partial charge in [-0.25, -0.2) is 4.39 Å². The topological polar surface area (TPSA) is 59.2 Å². The van der Waals surface area contributed by atoms with Crippen LogP contribution >= 0.6 is 0 Å². The molecule has 106 valence electrons. The summed E-state index contributed by atoms with van der Waals surface area (Å²) in [6.45, 7) is 2.02. The molecule has 4 nitrogen and oxygen atoms in total. The molecule has 0 atom stereocenters. The molecule has 1 aromatic heterocycles.